The molecule has 0 aliphatic heterocycles. The molecular weight excluding hydrogens is 649 g/mol. The Bertz CT molecular complexity index is 2880. The topological polar surface area (TPSA) is 51.6 Å². The Hall–Kier alpha value is -6.08. The van der Waals surface area contributed by atoms with Gasteiger partial charge in [0.2, 0.25) is 0 Å². The molecular formula is C44H26N4S2. The van der Waals surface area contributed by atoms with Crippen LogP contribution in [-0.2, 0) is 0 Å². The molecule has 3 heterocycles. The first-order valence-electron chi connectivity index (χ1n) is 16.5. The van der Waals surface area contributed by atoms with Gasteiger partial charge in [0.05, 0.1) is 10.2 Å². The second kappa shape index (κ2) is 11.8. The molecule has 0 bridgehead atoms. The van der Waals surface area contributed by atoms with E-state index in [-0.39, 0.29) is 0 Å². The molecule has 0 saturated heterocycles. The van der Waals surface area contributed by atoms with E-state index < -0.39 is 0 Å². The molecule has 0 atom stereocenters. The third kappa shape index (κ3) is 4.96. The Balaban J connectivity index is 1.11. The number of benzene rings is 7. The van der Waals surface area contributed by atoms with Crippen molar-refractivity contribution >= 4 is 63.8 Å². The van der Waals surface area contributed by atoms with Gasteiger partial charge in [-0.05, 0) is 46.8 Å². The third-order valence-corrected chi connectivity index (χ3v) is 11.5. The summed E-state index contributed by atoms with van der Waals surface area (Å²) in [5.41, 5.74) is 7.30. The number of hydrogen-bond donors (Lipinski definition) is 0. The highest BCUT2D eigenvalue weighted by molar-refractivity contribution is 7.26. The fourth-order valence-corrected chi connectivity index (χ4v) is 9.00. The molecule has 7 aromatic carbocycles. The van der Waals surface area contributed by atoms with E-state index in [1.54, 1.807) is 22.7 Å². The number of thiazole rings is 1. The Kier molecular flexibility index (Phi) is 6.82. The van der Waals surface area contributed by atoms with E-state index in [9.17, 15) is 0 Å². The average Bonchev–Trinajstić information content (AvgIpc) is 3.81. The second-order valence-corrected chi connectivity index (χ2v) is 14.3. The quantitative estimate of drug-likeness (QED) is 0.182. The van der Waals surface area contributed by atoms with Crippen LogP contribution in [0.15, 0.2) is 158 Å². The molecule has 0 saturated carbocycles. The zero-order valence-electron chi connectivity index (χ0n) is 26.6. The van der Waals surface area contributed by atoms with Crippen molar-refractivity contribution < 1.29 is 0 Å². The number of aromatic nitrogens is 4. The van der Waals surface area contributed by atoms with Gasteiger partial charge >= 0.3 is 0 Å². The molecule has 0 fully saturated rings. The van der Waals surface area contributed by atoms with E-state index >= 15 is 0 Å². The summed E-state index contributed by atoms with van der Waals surface area (Å²) in [6.45, 7) is 0. The minimum absolute atomic E-state index is 0.645. The average molecular weight is 675 g/mol. The van der Waals surface area contributed by atoms with E-state index in [1.807, 2.05) is 24.3 Å². The van der Waals surface area contributed by atoms with Crippen LogP contribution >= 0.6 is 22.7 Å². The minimum Gasteiger partial charge on any atom is -0.236 e. The fraction of sp³-hybridized carbons (Fsp3) is 0. The normalized spacial score (nSPS) is 11.6. The van der Waals surface area contributed by atoms with Crippen molar-refractivity contribution in [3.8, 4) is 55.9 Å². The number of nitrogens with zero attached hydrogens (tertiary/aromatic N) is 4. The van der Waals surface area contributed by atoms with Gasteiger partial charge in [-0.1, -0.05) is 127 Å². The maximum absolute atomic E-state index is 5.15. The predicted molar refractivity (Wildman–Crippen MR) is 211 cm³/mol. The standard InChI is InChI=1S/C44H26N4S2/c1-3-11-28(12-4-1)41-46-42(48-43(47-41)35-19-10-18-34-33-17-7-8-20-38(33)49-39(34)35)32-16-9-15-30(25-32)31-22-21-27-23-24-37-40(36(27)26-31)50-44(45-37)29-13-5-2-6-14-29/h1-26H. The third-order valence-electron chi connectivity index (χ3n) is 9.16. The van der Waals surface area contributed by atoms with Gasteiger partial charge < -0.3 is 0 Å². The van der Waals surface area contributed by atoms with Crippen LogP contribution in [0.25, 0.3) is 97.0 Å². The highest BCUT2D eigenvalue weighted by atomic mass is 32.1. The summed E-state index contributed by atoms with van der Waals surface area (Å²) in [5.74, 6) is 1.97. The summed E-state index contributed by atoms with van der Waals surface area (Å²) in [4.78, 5) is 20.3. The molecule has 3 aromatic heterocycles. The Labute approximate surface area is 296 Å². The minimum atomic E-state index is 0.645. The van der Waals surface area contributed by atoms with Crippen LogP contribution in [0.2, 0.25) is 0 Å². The molecule has 0 amide bonds. The summed E-state index contributed by atoms with van der Waals surface area (Å²) in [6.07, 6.45) is 0. The largest absolute Gasteiger partial charge is 0.236 e. The SMILES string of the molecule is c1ccc(-c2nc(-c3cccc(-c4ccc5ccc6nc(-c7ccccc7)sc6c5c4)c3)nc(-c3cccc4c3sc3ccccc34)n2)cc1. The first-order chi connectivity index (χ1) is 24.7. The van der Waals surface area contributed by atoms with Crippen molar-refractivity contribution in [2.45, 2.75) is 0 Å². The van der Waals surface area contributed by atoms with E-state index in [2.05, 4.69) is 133 Å². The van der Waals surface area contributed by atoms with Crippen molar-refractivity contribution in [3.63, 3.8) is 0 Å². The molecule has 0 aliphatic carbocycles. The summed E-state index contributed by atoms with van der Waals surface area (Å²) < 4.78 is 3.63. The van der Waals surface area contributed by atoms with Crippen LogP contribution in [-0.4, -0.2) is 19.9 Å². The van der Waals surface area contributed by atoms with Crippen LogP contribution in [0, 0.1) is 0 Å². The predicted octanol–water partition coefficient (Wildman–Crippen LogP) is 12.3. The molecule has 0 unspecified atom stereocenters. The summed E-state index contributed by atoms with van der Waals surface area (Å²) in [5, 5.41) is 5.91. The number of fused-ring (bicyclic) bond motifs is 6. The number of rotatable bonds is 5. The zero-order chi connectivity index (χ0) is 33.0. The molecule has 10 rings (SSSR count). The summed E-state index contributed by atoms with van der Waals surface area (Å²) in [6, 6.07) is 55.1. The Morgan fingerprint density at radius 1 is 0.360 bits per heavy atom. The molecule has 0 aliphatic rings. The van der Waals surface area contributed by atoms with Crippen LogP contribution < -0.4 is 0 Å². The second-order valence-electron chi connectivity index (χ2n) is 12.3. The van der Waals surface area contributed by atoms with Gasteiger partial charge in [-0.3, -0.25) is 0 Å². The van der Waals surface area contributed by atoms with E-state index in [0.29, 0.717) is 17.5 Å². The van der Waals surface area contributed by atoms with Gasteiger partial charge in [0, 0.05) is 47.8 Å². The van der Waals surface area contributed by atoms with E-state index in [4.69, 9.17) is 19.9 Å². The van der Waals surface area contributed by atoms with Gasteiger partial charge in [-0.2, -0.15) is 0 Å². The van der Waals surface area contributed by atoms with Crippen molar-refractivity contribution in [3.05, 3.63) is 158 Å². The maximum Gasteiger partial charge on any atom is 0.165 e. The van der Waals surface area contributed by atoms with Crippen LogP contribution in [0.1, 0.15) is 0 Å². The highest BCUT2D eigenvalue weighted by Gasteiger charge is 2.17. The van der Waals surface area contributed by atoms with Crippen molar-refractivity contribution in [2.75, 3.05) is 0 Å². The monoisotopic (exact) mass is 674 g/mol. The fourth-order valence-electron chi connectivity index (χ4n) is 6.69. The smallest absolute Gasteiger partial charge is 0.165 e. The van der Waals surface area contributed by atoms with Gasteiger partial charge in [0.25, 0.3) is 0 Å². The highest BCUT2D eigenvalue weighted by Crippen LogP contribution is 2.40. The first kappa shape index (κ1) is 28.9. The van der Waals surface area contributed by atoms with Crippen molar-refractivity contribution in [1.82, 2.24) is 19.9 Å². The summed E-state index contributed by atoms with van der Waals surface area (Å²) >= 11 is 3.53. The molecule has 0 N–H and O–H groups in total. The molecule has 10 aromatic rings. The molecule has 0 spiro atoms. The lowest BCUT2D eigenvalue weighted by molar-refractivity contribution is 1.08. The lowest BCUT2D eigenvalue weighted by Gasteiger charge is -2.10. The molecule has 234 valence electrons. The Morgan fingerprint density at radius 3 is 1.86 bits per heavy atom. The molecule has 6 heteroatoms. The van der Waals surface area contributed by atoms with Crippen molar-refractivity contribution in [2.24, 2.45) is 0 Å². The Morgan fingerprint density at radius 2 is 1.00 bits per heavy atom. The van der Waals surface area contributed by atoms with E-state index in [0.717, 1.165) is 43.9 Å². The molecule has 4 nitrogen and oxygen atoms in total. The zero-order valence-corrected chi connectivity index (χ0v) is 28.2. The lowest BCUT2D eigenvalue weighted by atomic mass is 9.99. The van der Waals surface area contributed by atoms with Crippen molar-refractivity contribution in [1.29, 1.82) is 0 Å². The van der Waals surface area contributed by atoms with Gasteiger partial charge in [0.1, 0.15) is 5.01 Å². The number of hydrogen-bond acceptors (Lipinski definition) is 6. The molecule has 0 radical (unpaired) electrons. The van der Waals surface area contributed by atoms with Gasteiger partial charge in [-0.25, -0.2) is 19.9 Å². The molecule has 50 heavy (non-hydrogen) atoms. The van der Waals surface area contributed by atoms with Crippen LogP contribution in [0.4, 0.5) is 0 Å². The lowest BCUT2D eigenvalue weighted by Crippen LogP contribution is -2.00. The van der Waals surface area contributed by atoms with E-state index in [1.165, 1.54) is 35.6 Å². The van der Waals surface area contributed by atoms with Gasteiger partial charge in [-0.15, -0.1) is 22.7 Å². The first-order valence-corrected chi connectivity index (χ1v) is 18.1. The van der Waals surface area contributed by atoms with Crippen LogP contribution in [0.5, 0.6) is 0 Å². The van der Waals surface area contributed by atoms with Crippen LogP contribution in [0.3, 0.4) is 0 Å². The maximum atomic E-state index is 5.15. The van der Waals surface area contributed by atoms with Gasteiger partial charge in [0.15, 0.2) is 17.5 Å². The number of thiophene rings is 1. The summed E-state index contributed by atoms with van der Waals surface area (Å²) in [7, 11) is 0.